The average Bonchev–Trinajstić information content (AvgIpc) is 2.80. The molecule has 1 aliphatic carbocycles. The molecule has 0 radical (unpaired) electrons. The fourth-order valence-electron chi connectivity index (χ4n) is 3.02. The molecule has 0 heterocycles. The van der Waals surface area contributed by atoms with Gasteiger partial charge in [-0.1, -0.05) is 32.3 Å². The van der Waals surface area contributed by atoms with Crippen LogP contribution in [0.2, 0.25) is 0 Å². The van der Waals surface area contributed by atoms with E-state index in [0.717, 1.165) is 19.3 Å². The molecule has 6 heteroatoms. The molecule has 1 fully saturated rings. The predicted octanol–water partition coefficient (Wildman–Crippen LogP) is 2.80. The third-order valence-electron chi connectivity index (χ3n) is 4.38. The minimum absolute atomic E-state index is 0.123. The Bertz CT molecular complexity index is 615. The Kier molecular flexibility index (Phi) is 6.35. The molecule has 0 unspecified atom stereocenters. The summed E-state index contributed by atoms with van der Waals surface area (Å²) in [4.78, 5) is 35.4. The monoisotopic (exact) mass is 332 g/mol. The van der Waals surface area contributed by atoms with Crippen molar-refractivity contribution in [3.63, 3.8) is 0 Å². The van der Waals surface area contributed by atoms with Gasteiger partial charge in [-0.3, -0.25) is 14.4 Å². The lowest BCUT2D eigenvalue weighted by Crippen LogP contribution is -2.42. The molecule has 1 aliphatic rings. The lowest BCUT2D eigenvalue weighted by Gasteiger charge is -2.23. The van der Waals surface area contributed by atoms with Crippen molar-refractivity contribution in [1.82, 2.24) is 5.32 Å². The van der Waals surface area contributed by atoms with E-state index in [0.29, 0.717) is 30.5 Å². The van der Waals surface area contributed by atoms with Crippen LogP contribution in [0.25, 0.3) is 0 Å². The quantitative estimate of drug-likeness (QED) is 0.723. The second-order valence-corrected chi connectivity index (χ2v) is 6.15. The lowest BCUT2D eigenvalue weighted by atomic mass is 9.94. The van der Waals surface area contributed by atoms with Crippen LogP contribution in [0.15, 0.2) is 24.3 Å². The van der Waals surface area contributed by atoms with E-state index in [4.69, 9.17) is 0 Å². The van der Waals surface area contributed by atoms with E-state index in [2.05, 4.69) is 10.6 Å². The first-order valence-corrected chi connectivity index (χ1v) is 8.45. The Labute approximate surface area is 141 Å². The van der Waals surface area contributed by atoms with Gasteiger partial charge in [-0.25, -0.2) is 0 Å². The van der Waals surface area contributed by atoms with Gasteiger partial charge >= 0.3 is 5.97 Å². The second-order valence-electron chi connectivity index (χ2n) is 6.15. The maximum atomic E-state index is 12.5. The maximum Gasteiger partial charge on any atom is 0.308 e. The van der Waals surface area contributed by atoms with Crippen LogP contribution in [-0.2, 0) is 9.59 Å². The molecule has 1 saturated carbocycles. The number of rotatable bonds is 5. The van der Waals surface area contributed by atoms with Crippen LogP contribution in [0.5, 0.6) is 0 Å². The highest BCUT2D eigenvalue weighted by molar-refractivity contribution is 5.97. The predicted molar refractivity (Wildman–Crippen MR) is 90.8 cm³/mol. The number of carboxylic acids is 1. The summed E-state index contributed by atoms with van der Waals surface area (Å²) in [5.41, 5.74) is 0.974. The summed E-state index contributed by atoms with van der Waals surface area (Å²) in [5.74, 6) is -1.83. The molecule has 130 valence electrons. The summed E-state index contributed by atoms with van der Waals surface area (Å²) in [6, 6.07) is 6.32. The van der Waals surface area contributed by atoms with Gasteiger partial charge in [-0.05, 0) is 31.0 Å². The summed E-state index contributed by atoms with van der Waals surface area (Å²) in [6.45, 7) is 1.75. The fourth-order valence-corrected chi connectivity index (χ4v) is 3.02. The van der Waals surface area contributed by atoms with Crippen LogP contribution < -0.4 is 10.6 Å². The number of amides is 2. The molecule has 0 bridgehead atoms. The Morgan fingerprint density at radius 3 is 2.62 bits per heavy atom. The van der Waals surface area contributed by atoms with Gasteiger partial charge in [-0.2, -0.15) is 0 Å². The maximum absolute atomic E-state index is 12.5. The first kappa shape index (κ1) is 18.0. The topological polar surface area (TPSA) is 95.5 Å². The number of aliphatic carboxylic acids is 1. The van der Waals surface area contributed by atoms with Crippen LogP contribution in [0, 0.1) is 5.92 Å². The molecule has 3 N–H and O–H groups in total. The highest BCUT2D eigenvalue weighted by atomic mass is 16.4. The van der Waals surface area contributed by atoms with Gasteiger partial charge in [-0.15, -0.1) is 0 Å². The standard InChI is InChI=1S/C18H24N2O4/c1-2-16(21)19-13-8-6-7-12(11-13)17(22)20-15-10-5-3-4-9-14(15)18(23)24/h6-8,11,14-15H,2-5,9-10H2,1H3,(H,19,21)(H,20,22)(H,23,24)/t14-,15+/m1/s1. The smallest absolute Gasteiger partial charge is 0.308 e. The summed E-state index contributed by atoms with van der Waals surface area (Å²) in [7, 11) is 0. The van der Waals surface area contributed by atoms with Gasteiger partial charge in [0.25, 0.3) is 5.91 Å². The van der Waals surface area contributed by atoms with Gasteiger partial charge in [0, 0.05) is 23.7 Å². The Hall–Kier alpha value is -2.37. The second kappa shape index (κ2) is 8.47. The molecule has 1 aromatic rings. The molecule has 2 amide bonds. The van der Waals surface area contributed by atoms with Gasteiger partial charge in [0.05, 0.1) is 5.92 Å². The summed E-state index contributed by atoms with van der Waals surface area (Å²) >= 11 is 0. The van der Waals surface area contributed by atoms with E-state index in [-0.39, 0.29) is 17.9 Å². The molecule has 1 aromatic carbocycles. The summed E-state index contributed by atoms with van der Waals surface area (Å²) < 4.78 is 0. The Morgan fingerprint density at radius 2 is 1.92 bits per heavy atom. The zero-order chi connectivity index (χ0) is 17.5. The highest BCUT2D eigenvalue weighted by Crippen LogP contribution is 2.24. The number of hydrogen-bond acceptors (Lipinski definition) is 3. The van der Waals surface area contributed by atoms with Crippen molar-refractivity contribution in [3.05, 3.63) is 29.8 Å². The Morgan fingerprint density at radius 1 is 1.17 bits per heavy atom. The van der Waals surface area contributed by atoms with Crippen molar-refractivity contribution in [3.8, 4) is 0 Å². The third-order valence-corrected chi connectivity index (χ3v) is 4.38. The molecule has 0 aliphatic heterocycles. The number of carboxylic acid groups (broad SMARTS) is 1. The van der Waals surface area contributed by atoms with E-state index in [9.17, 15) is 19.5 Å². The first-order chi connectivity index (χ1) is 11.5. The Balaban J connectivity index is 2.09. The van der Waals surface area contributed by atoms with E-state index < -0.39 is 11.9 Å². The third kappa shape index (κ3) is 4.81. The van der Waals surface area contributed by atoms with E-state index >= 15 is 0 Å². The van der Waals surface area contributed by atoms with Crippen molar-refractivity contribution in [2.24, 2.45) is 5.92 Å². The molecular formula is C18H24N2O4. The average molecular weight is 332 g/mol. The molecule has 2 atom stereocenters. The number of nitrogens with one attached hydrogen (secondary N) is 2. The van der Waals surface area contributed by atoms with Gasteiger partial charge in [0.1, 0.15) is 0 Å². The van der Waals surface area contributed by atoms with Crippen molar-refractivity contribution in [1.29, 1.82) is 0 Å². The molecule has 6 nitrogen and oxygen atoms in total. The van der Waals surface area contributed by atoms with Crippen molar-refractivity contribution in [2.45, 2.75) is 51.5 Å². The molecule has 2 rings (SSSR count). The minimum atomic E-state index is -0.855. The SMILES string of the molecule is CCC(=O)Nc1cccc(C(=O)N[C@H]2CCCCC[C@H]2C(=O)O)c1. The molecule has 24 heavy (non-hydrogen) atoms. The van der Waals surface area contributed by atoms with E-state index in [1.807, 2.05) is 0 Å². The highest BCUT2D eigenvalue weighted by Gasteiger charge is 2.30. The van der Waals surface area contributed by atoms with Crippen molar-refractivity contribution < 1.29 is 19.5 Å². The largest absolute Gasteiger partial charge is 0.481 e. The van der Waals surface area contributed by atoms with E-state index in [1.54, 1.807) is 31.2 Å². The molecule has 0 saturated heterocycles. The zero-order valence-electron chi connectivity index (χ0n) is 13.9. The zero-order valence-corrected chi connectivity index (χ0v) is 13.9. The van der Waals surface area contributed by atoms with Crippen molar-refractivity contribution >= 4 is 23.5 Å². The van der Waals surface area contributed by atoms with Crippen LogP contribution in [0.1, 0.15) is 55.8 Å². The van der Waals surface area contributed by atoms with E-state index in [1.165, 1.54) is 0 Å². The minimum Gasteiger partial charge on any atom is -0.481 e. The van der Waals surface area contributed by atoms with Crippen LogP contribution >= 0.6 is 0 Å². The summed E-state index contributed by atoms with van der Waals surface area (Å²) in [5, 5.41) is 15.0. The first-order valence-electron chi connectivity index (χ1n) is 8.45. The number of benzene rings is 1. The van der Waals surface area contributed by atoms with Crippen LogP contribution in [0.3, 0.4) is 0 Å². The van der Waals surface area contributed by atoms with Gasteiger partial charge in [0.2, 0.25) is 5.91 Å². The van der Waals surface area contributed by atoms with Crippen LogP contribution in [-0.4, -0.2) is 28.9 Å². The molecular weight excluding hydrogens is 308 g/mol. The van der Waals surface area contributed by atoms with Crippen LogP contribution in [0.4, 0.5) is 5.69 Å². The molecule has 0 aromatic heterocycles. The fraction of sp³-hybridized carbons (Fsp3) is 0.500. The number of carbonyl (C=O) groups excluding carboxylic acids is 2. The number of hydrogen-bond donors (Lipinski definition) is 3. The summed E-state index contributed by atoms with van der Waals surface area (Å²) in [6.07, 6.45) is 4.42. The van der Waals surface area contributed by atoms with Gasteiger partial charge in [0.15, 0.2) is 0 Å². The number of carbonyl (C=O) groups is 3. The molecule has 0 spiro atoms. The van der Waals surface area contributed by atoms with Crippen molar-refractivity contribution in [2.75, 3.05) is 5.32 Å². The number of anilines is 1. The lowest BCUT2D eigenvalue weighted by molar-refractivity contribution is -0.142. The van der Waals surface area contributed by atoms with Gasteiger partial charge < -0.3 is 15.7 Å². The normalized spacial score (nSPS) is 20.7.